The van der Waals surface area contributed by atoms with Gasteiger partial charge in [0.15, 0.2) is 0 Å². The summed E-state index contributed by atoms with van der Waals surface area (Å²) >= 11 is 0. The maximum Gasteiger partial charge on any atom is 0.217 e. The number of carbonyl (C=O) groups excluding carboxylic acids is 1. The van der Waals surface area contributed by atoms with Gasteiger partial charge in [0.25, 0.3) is 0 Å². The lowest BCUT2D eigenvalue weighted by atomic mass is 10.0. The molecule has 4 heteroatoms. The van der Waals surface area contributed by atoms with E-state index in [0.717, 1.165) is 25.9 Å². The highest BCUT2D eigenvalue weighted by molar-refractivity contribution is 5.73. The van der Waals surface area contributed by atoms with Gasteiger partial charge in [0.1, 0.15) is 0 Å². The van der Waals surface area contributed by atoms with Crippen LogP contribution in [0.15, 0.2) is 18.2 Å². The molecular formula is C15H23N3O. The summed E-state index contributed by atoms with van der Waals surface area (Å²) in [6, 6.07) is 6.61. The lowest BCUT2D eigenvalue weighted by Gasteiger charge is -2.35. The number of anilines is 1. The third kappa shape index (κ3) is 3.26. The number of carbonyl (C=O) groups is 1. The van der Waals surface area contributed by atoms with E-state index in [1.165, 1.54) is 16.8 Å². The van der Waals surface area contributed by atoms with Gasteiger partial charge in [-0.15, -0.1) is 0 Å². The Morgan fingerprint density at radius 3 is 2.68 bits per heavy atom. The molecular weight excluding hydrogens is 238 g/mol. The molecule has 0 spiro atoms. The van der Waals surface area contributed by atoms with Crippen molar-refractivity contribution in [1.29, 1.82) is 0 Å². The normalized spacial score (nSPS) is 16.5. The first-order chi connectivity index (χ1) is 9.11. The van der Waals surface area contributed by atoms with E-state index in [4.69, 9.17) is 5.73 Å². The number of para-hydroxylation sites is 1. The van der Waals surface area contributed by atoms with Crippen LogP contribution in [0.1, 0.15) is 30.9 Å². The van der Waals surface area contributed by atoms with Gasteiger partial charge in [0.2, 0.25) is 5.91 Å². The second kappa shape index (κ2) is 6.06. The fourth-order valence-electron chi connectivity index (χ4n) is 2.87. The lowest BCUT2D eigenvalue weighted by Crippen LogP contribution is -2.44. The van der Waals surface area contributed by atoms with Crippen molar-refractivity contribution in [2.75, 3.05) is 18.0 Å². The molecule has 19 heavy (non-hydrogen) atoms. The molecule has 4 nitrogen and oxygen atoms in total. The summed E-state index contributed by atoms with van der Waals surface area (Å²) in [5.41, 5.74) is 9.60. The van der Waals surface area contributed by atoms with Crippen LogP contribution < -0.4 is 16.0 Å². The third-order valence-corrected chi connectivity index (χ3v) is 3.76. The van der Waals surface area contributed by atoms with Gasteiger partial charge in [-0.3, -0.25) is 4.79 Å². The average molecular weight is 261 g/mol. The van der Waals surface area contributed by atoms with Crippen molar-refractivity contribution < 1.29 is 4.79 Å². The zero-order valence-electron chi connectivity index (χ0n) is 11.8. The van der Waals surface area contributed by atoms with Crippen molar-refractivity contribution in [2.45, 2.75) is 39.3 Å². The molecule has 1 fully saturated rings. The highest BCUT2D eigenvalue weighted by Gasteiger charge is 2.22. The van der Waals surface area contributed by atoms with Gasteiger partial charge in [0, 0.05) is 38.3 Å². The minimum absolute atomic E-state index is 0.0667. The summed E-state index contributed by atoms with van der Waals surface area (Å²) < 4.78 is 0. The predicted molar refractivity (Wildman–Crippen MR) is 78.1 cm³/mol. The van der Waals surface area contributed by atoms with Crippen LogP contribution in [-0.4, -0.2) is 25.0 Å². The third-order valence-electron chi connectivity index (χ3n) is 3.76. The van der Waals surface area contributed by atoms with Crippen LogP contribution in [0.5, 0.6) is 0 Å². The van der Waals surface area contributed by atoms with Crippen molar-refractivity contribution in [1.82, 2.24) is 5.32 Å². The second-order valence-corrected chi connectivity index (χ2v) is 5.25. The maximum atomic E-state index is 11.1. The molecule has 1 heterocycles. The number of piperidine rings is 1. The zero-order chi connectivity index (χ0) is 13.8. The highest BCUT2D eigenvalue weighted by atomic mass is 16.1. The van der Waals surface area contributed by atoms with Crippen LogP contribution in [0, 0.1) is 6.92 Å². The Morgan fingerprint density at radius 2 is 2.11 bits per heavy atom. The molecule has 0 bridgehead atoms. The Morgan fingerprint density at radius 1 is 1.42 bits per heavy atom. The van der Waals surface area contributed by atoms with Crippen LogP contribution in [-0.2, 0) is 11.3 Å². The molecule has 1 saturated heterocycles. The Labute approximate surface area is 115 Å². The van der Waals surface area contributed by atoms with E-state index >= 15 is 0 Å². The van der Waals surface area contributed by atoms with Gasteiger partial charge in [-0.2, -0.15) is 0 Å². The lowest BCUT2D eigenvalue weighted by molar-refractivity contribution is -0.119. The highest BCUT2D eigenvalue weighted by Crippen LogP contribution is 2.27. The monoisotopic (exact) mass is 261 g/mol. The zero-order valence-corrected chi connectivity index (χ0v) is 11.8. The second-order valence-electron chi connectivity index (χ2n) is 5.25. The SMILES string of the molecule is CC(=O)NC1CCN(c2c(C)cccc2CN)CC1. The molecule has 3 N–H and O–H groups in total. The molecule has 1 amide bonds. The minimum atomic E-state index is 0.0667. The maximum absolute atomic E-state index is 11.1. The van der Waals surface area contributed by atoms with Gasteiger partial charge in [-0.1, -0.05) is 18.2 Å². The number of hydrogen-bond acceptors (Lipinski definition) is 3. The van der Waals surface area contributed by atoms with E-state index in [1.54, 1.807) is 6.92 Å². The van der Waals surface area contributed by atoms with E-state index in [2.05, 4.69) is 35.3 Å². The number of nitrogens with two attached hydrogens (primary N) is 1. The van der Waals surface area contributed by atoms with E-state index in [9.17, 15) is 4.79 Å². The van der Waals surface area contributed by atoms with Crippen LogP contribution in [0.4, 0.5) is 5.69 Å². The van der Waals surface area contributed by atoms with Crippen LogP contribution >= 0.6 is 0 Å². The molecule has 1 aliphatic heterocycles. The Kier molecular flexibility index (Phi) is 4.43. The van der Waals surface area contributed by atoms with E-state index < -0.39 is 0 Å². The van der Waals surface area contributed by atoms with Gasteiger partial charge in [-0.25, -0.2) is 0 Å². The van der Waals surface area contributed by atoms with Crippen molar-refractivity contribution >= 4 is 11.6 Å². The van der Waals surface area contributed by atoms with Gasteiger partial charge in [-0.05, 0) is 30.9 Å². The fourth-order valence-corrected chi connectivity index (χ4v) is 2.87. The quantitative estimate of drug-likeness (QED) is 0.868. The predicted octanol–water partition coefficient (Wildman–Crippen LogP) is 1.56. The fraction of sp³-hybridized carbons (Fsp3) is 0.533. The summed E-state index contributed by atoms with van der Waals surface area (Å²) in [5.74, 6) is 0.0667. The van der Waals surface area contributed by atoms with Crippen molar-refractivity contribution in [3.8, 4) is 0 Å². The molecule has 1 aromatic rings. The number of rotatable bonds is 3. The minimum Gasteiger partial charge on any atom is -0.371 e. The molecule has 2 rings (SSSR count). The van der Waals surface area contributed by atoms with Crippen LogP contribution in [0.2, 0.25) is 0 Å². The number of aryl methyl sites for hydroxylation is 1. The molecule has 0 unspecified atom stereocenters. The number of amides is 1. The first-order valence-electron chi connectivity index (χ1n) is 6.92. The van der Waals surface area contributed by atoms with Gasteiger partial charge in [0.05, 0.1) is 0 Å². The van der Waals surface area contributed by atoms with Crippen LogP contribution in [0.3, 0.4) is 0 Å². The van der Waals surface area contributed by atoms with Gasteiger partial charge < -0.3 is 16.0 Å². The van der Waals surface area contributed by atoms with E-state index in [-0.39, 0.29) is 5.91 Å². The number of hydrogen-bond donors (Lipinski definition) is 2. The first kappa shape index (κ1) is 13.9. The largest absolute Gasteiger partial charge is 0.371 e. The van der Waals surface area contributed by atoms with Crippen LogP contribution in [0.25, 0.3) is 0 Å². The summed E-state index contributed by atoms with van der Waals surface area (Å²) in [4.78, 5) is 13.5. The molecule has 0 radical (unpaired) electrons. The molecule has 0 aliphatic carbocycles. The summed E-state index contributed by atoms with van der Waals surface area (Å²) in [6.45, 7) is 6.24. The topological polar surface area (TPSA) is 58.4 Å². The average Bonchev–Trinajstić information content (AvgIpc) is 2.39. The summed E-state index contributed by atoms with van der Waals surface area (Å²) in [5, 5.41) is 3.01. The van der Waals surface area contributed by atoms with Crippen molar-refractivity contribution in [2.24, 2.45) is 5.73 Å². The Bertz CT molecular complexity index is 451. The molecule has 0 saturated carbocycles. The smallest absolute Gasteiger partial charge is 0.217 e. The van der Waals surface area contributed by atoms with Crippen molar-refractivity contribution in [3.63, 3.8) is 0 Å². The summed E-state index contributed by atoms with van der Waals surface area (Å²) in [7, 11) is 0. The van der Waals surface area contributed by atoms with Crippen molar-refractivity contribution in [3.05, 3.63) is 29.3 Å². The van der Waals surface area contributed by atoms with E-state index in [1.807, 2.05) is 0 Å². The van der Waals surface area contributed by atoms with E-state index in [0.29, 0.717) is 12.6 Å². The molecule has 0 aromatic heterocycles. The number of nitrogens with one attached hydrogen (secondary N) is 1. The number of benzene rings is 1. The molecule has 1 aliphatic rings. The standard InChI is InChI=1S/C15H23N3O/c1-11-4-3-5-13(10-16)15(11)18-8-6-14(7-9-18)17-12(2)19/h3-5,14H,6-10,16H2,1-2H3,(H,17,19). The number of nitrogens with zero attached hydrogens (tertiary/aromatic N) is 1. The first-order valence-corrected chi connectivity index (χ1v) is 6.92. The molecule has 1 aromatic carbocycles. The Hall–Kier alpha value is -1.55. The summed E-state index contributed by atoms with van der Waals surface area (Å²) in [6.07, 6.45) is 2.00. The van der Waals surface area contributed by atoms with Gasteiger partial charge >= 0.3 is 0 Å². The molecule has 104 valence electrons. The Balaban J connectivity index is 2.07. The molecule has 0 atom stereocenters.